The average molecular weight is 237 g/mol. The second-order valence-electron chi connectivity index (χ2n) is 5.74. The van der Waals surface area contributed by atoms with Crippen molar-refractivity contribution in [2.75, 3.05) is 0 Å². The first-order valence-electron chi connectivity index (χ1n) is 6.30. The average Bonchev–Trinajstić information content (AvgIpc) is 2.83. The zero-order chi connectivity index (χ0) is 12.0. The lowest BCUT2D eigenvalue weighted by molar-refractivity contribution is 0.269. The molecule has 3 unspecified atom stereocenters. The summed E-state index contributed by atoms with van der Waals surface area (Å²) in [5.74, 6) is -0.224. The normalized spacial score (nSPS) is 35.5. The molecule has 3 atom stereocenters. The van der Waals surface area contributed by atoms with Crippen molar-refractivity contribution in [3.05, 3.63) is 35.4 Å². The van der Waals surface area contributed by atoms with Crippen molar-refractivity contribution in [3.63, 3.8) is 0 Å². The first-order valence-corrected chi connectivity index (χ1v) is 6.30. The van der Waals surface area contributed by atoms with Crippen LogP contribution in [0.3, 0.4) is 0 Å². The predicted octanol–water partition coefficient (Wildman–Crippen LogP) is 3.02. The van der Waals surface area contributed by atoms with Gasteiger partial charge in [-0.1, -0.05) is 12.5 Å². The molecular formula is C14H17F2N. The van der Waals surface area contributed by atoms with Gasteiger partial charge in [0.1, 0.15) is 0 Å². The van der Waals surface area contributed by atoms with E-state index in [1.165, 1.54) is 31.4 Å². The van der Waals surface area contributed by atoms with Crippen LogP contribution in [0.4, 0.5) is 8.78 Å². The molecule has 1 nitrogen and oxygen atoms in total. The van der Waals surface area contributed by atoms with Gasteiger partial charge in [0, 0.05) is 5.54 Å². The molecule has 2 aliphatic rings. The second kappa shape index (κ2) is 3.77. The zero-order valence-electron chi connectivity index (χ0n) is 9.76. The Bertz CT molecular complexity index is 446. The van der Waals surface area contributed by atoms with Crippen LogP contribution in [0.15, 0.2) is 18.2 Å². The SMILES string of the molecule is NC1(Cc2ccc(F)c(F)c2)CC2CCC1C2. The maximum atomic E-state index is 13.1. The summed E-state index contributed by atoms with van der Waals surface area (Å²) in [4.78, 5) is 0. The molecule has 0 spiro atoms. The molecule has 0 amide bonds. The lowest BCUT2D eigenvalue weighted by atomic mass is 9.77. The highest BCUT2D eigenvalue weighted by molar-refractivity contribution is 5.22. The first-order chi connectivity index (χ1) is 8.07. The van der Waals surface area contributed by atoms with E-state index >= 15 is 0 Å². The van der Waals surface area contributed by atoms with Crippen molar-refractivity contribution in [2.24, 2.45) is 17.6 Å². The monoisotopic (exact) mass is 237 g/mol. The third kappa shape index (κ3) is 1.86. The van der Waals surface area contributed by atoms with E-state index in [2.05, 4.69) is 0 Å². The number of hydrogen-bond acceptors (Lipinski definition) is 1. The van der Waals surface area contributed by atoms with E-state index in [1.807, 2.05) is 0 Å². The number of halogens is 2. The Hall–Kier alpha value is -0.960. The van der Waals surface area contributed by atoms with E-state index < -0.39 is 11.6 Å². The van der Waals surface area contributed by atoms with E-state index in [0.717, 1.165) is 17.9 Å². The molecule has 3 heteroatoms. The van der Waals surface area contributed by atoms with E-state index in [-0.39, 0.29) is 5.54 Å². The van der Waals surface area contributed by atoms with Gasteiger partial charge in [0.15, 0.2) is 11.6 Å². The minimum atomic E-state index is -0.784. The molecule has 0 aromatic heterocycles. The van der Waals surface area contributed by atoms with Gasteiger partial charge < -0.3 is 5.73 Å². The maximum absolute atomic E-state index is 13.1. The highest BCUT2D eigenvalue weighted by Crippen LogP contribution is 2.50. The van der Waals surface area contributed by atoms with Crippen LogP contribution in [0.5, 0.6) is 0 Å². The Kier molecular flexibility index (Phi) is 2.47. The van der Waals surface area contributed by atoms with Crippen molar-refractivity contribution in [2.45, 2.75) is 37.6 Å². The van der Waals surface area contributed by atoms with Crippen LogP contribution in [-0.2, 0) is 6.42 Å². The summed E-state index contributed by atoms with van der Waals surface area (Å²) in [6.07, 6.45) is 5.43. The number of rotatable bonds is 2. The lowest BCUT2D eigenvalue weighted by Gasteiger charge is -2.34. The fraction of sp³-hybridized carbons (Fsp3) is 0.571. The Balaban J connectivity index is 1.80. The molecule has 0 heterocycles. The third-order valence-corrected chi connectivity index (χ3v) is 4.54. The molecule has 1 aromatic rings. The Morgan fingerprint density at radius 2 is 2.06 bits per heavy atom. The summed E-state index contributed by atoms with van der Waals surface area (Å²) in [5.41, 5.74) is 7.08. The second-order valence-corrected chi connectivity index (χ2v) is 5.74. The minimum absolute atomic E-state index is 0.187. The zero-order valence-corrected chi connectivity index (χ0v) is 9.76. The molecule has 2 bridgehead atoms. The van der Waals surface area contributed by atoms with Gasteiger partial charge in [-0.15, -0.1) is 0 Å². The molecule has 3 rings (SSSR count). The Morgan fingerprint density at radius 3 is 2.65 bits per heavy atom. The number of benzene rings is 1. The highest BCUT2D eigenvalue weighted by Gasteiger charge is 2.48. The summed E-state index contributed by atoms with van der Waals surface area (Å²) in [5, 5.41) is 0. The van der Waals surface area contributed by atoms with Crippen LogP contribution in [0.25, 0.3) is 0 Å². The minimum Gasteiger partial charge on any atom is -0.325 e. The smallest absolute Gasteiger partial charge is 0.159 e. The van der Waals surface area contributed by atoms with Gasteiger partial charge in [0.25, 0.3) is 0 Å². The van der Waals surface area contributed by atoms with Gasteiger partial charge in [-0.3, -0.25) is 0 Å². The van der Waals surface area contributed by atoms with E-state index in [1.54, 1.807) is 6.07 Å². The summed E-state index contributed by atoms with van der Waals surface area (Å²) >= 11 is 0. The number of hydrogen-bond donors (Lipinski definition) is 1. The molecule has 0 radical (unpaired) electrons. The number of nitrogens with two attached hydrogens (primary N) is 1. The highest BCUT2D eigenvalue weighted by atomic mass is 19.2. The summed E-state index contributed by atoms with van der Waals surface area (Å²) in [6.45, 7) is 0. The van der Waals surface area contributed by atoms with Crippen molar-refractivity contribution in [3.8, 4) is 0 Å². The standard InChI is InChI=1S/C14H17F2N/c15-12-4-2-10(6-13(12)16)8-14(17)7-9-1-3-11(14)5-9/h2,4,6,9,11H,1,3,5,7-8,17H2. The molecular weight excluding hydrogens is 220 g/mol. The van der Waals surface area contributed by atoms with Crippen LogP contribution in [-0.4, -0.2) is 5.54 Å². The lowest BCUT2D eigenvalue weighted by Crippen LogP contribution is -2.46. The van der Waals surface area contributed by atoms with Crippen molar-refractivity contribution in [1.82, 2.24) is 0 Å². The maximum Gasteiger partial charge on any atom is 0.159 e. The van der Waals surface area contributed by atoms with Gasteiger partial charge in [-0.05, 0) is 55.2 Å². The van der Waals surface area contributed by atoms with Crippen LogP contribution in [0.2, 0.25) is 0 Å². The molecule has 17 heavy (non-hydrogen) atoms. The molecule has 1 aromatic carbocycles. The summed E-state index contributed by atoms with van der Waals surface area (Å²) < 4.78 is 26.0. The van der Waals surface area contributed by atoms with Gasteiger partial charge in [0.2, 0.25) is 0 Å². The van der Waals surface area contributed by atoms with E-state index in [9.17, 15) is 8.78 Å². The first kappa shape index (κ1) is 11.1. The largest absolute Gasteiger partial charge is 0.325 e. The van der Waals surface area contributed by atoms with Crippen molar-refractivity contribution in [1.29, 1.82) is 0 Å². The van der Waals surface area contributed by atoms with Crippen molar-refractivity contribution >= 4 is 0 Å². The topological polar surface area (TPSA) is 26.0 Å². The molecule has 2 N–H and O–H groups in total. The van der Waals surface area contributed by atoms with E-state index in [0.29, 0.717) is 12.3 Å². The van der Waals surface area contributed by atoms with Crippen LogP contribution < -0.4 is 5.73 Å². The quantitative estimate of drug-likeness (QED) is 0.840. The molecule has 92 valence electrons. The predicted molar refractivity (Wildman–Crippen MR) is 62.4 cm³/mol. The van der Waals surface area contributed by atoms with Gasteiger partial charge >= 0.3 is 0 Å². The van der Waals surface area contributed by atoms with Crippen molar-refractivity contribution < 1.29 is 8.78 Å². The molecule has 0 aliphatic heterocycles. The summed E-state index contributed by atoms with van der Waals surface area (Å²) in [6, 6.07) is 4.14. The van der Waals surface area contributed by atoms with Crippen LogP contribution in [0.1, 0.15) is 31.2 Å². The molecule has 0 saturated heterocycles. The number of fused-ring (bicyclic) bond motifs is 2. The van der Waals surface area contributed by atoms with E-state index in [4.69, 9.17) is 5.73 Å². The fourth-order valence-corrected chi connectivity index (χ4v) is 3.73. The summed E-state index contributed by atoms with van der Waals surface area (Å²) in [7, 11) is 0. The molecule has 2 saturated carbocycles. The van der Waals surface area contributed by atoms with Crippen LogP contribution in [0, 0.1) is 23.5 Å². The third-order valence-electron chi connectivity index (χ3n) is 4.54. The van der Waals surface area contributed by atoms with Gasteiger partial charge in [-0.2, -0.15) is 0 Å². The van der Waals surface area contributed by atoms with Gasteiger partial charge in [-0.25, -0.2) is 8.78 Å². The van der Waals surface area contributed by atoms with Crippen LogP contribution >= 0.6 is 0 Å². The molecule has 2 aliphatic carbocycles. The molecule has 2 fully saturated rings. The Morgan fingerprint density at radius 1 is 1.24 bits per heavy atom. The van der Waals surface area contributed by atoms with Gasteiger partial charge in [0.05, 0.1) is 0 Å². The fourth-order valence-electron chi connectivity index (χ4n) is 3.73. The Labute approximate surface area is 100 Å².